The number of H-pyrrole nitrogens is 2. The molecule has 0 amide bonds. The molecular formula is C6H9N2O+. The number of ketones is 1. The van der Waals surface area contributed by atoms with Crippen LogP contribution in [0.4, 0.5) is 0 Å². The molecule has 1 aromatic heterocycles. The quantitative estimate of drug-likeness (QED) is 0.572. The fourth-order valence-electron chi connectivity index (χ4n) is 0.646. The highest BCUT2D eigenvalue weighted by Gasteiger charge is 2.04. The van der Waals surface area contributed by atoms with E-state index in [9.17, 15) is 4.79 Å². The monoisotopic (exact) mass is 125 g/mol. The minimum atomic E-state index is 0.160. The van der Waals surface area contributed by atoms with E-state index in [1.807, 2.05) is 6.92 Å². The number of aromatic nitrogens is 2. The van der Waals surface area contributed by atoms with Crippen molar-refractivity contribution in [3.05, 3.63) is 18.0 Å². The maximum absolute atomic E-state index is 10.8. The van der Waals surface area contributed by atoms with E-state index in [1.165, 1.54) is 0 Å². The third-order valence-corrected chi connectivity index (χ3v) is 1.18. The first-order valence-corrected chi connectivity index (χ1v) is 2.92. The van der Waals surface area contributed by atoms with E-state index in [0.29, 0.717) is 6.42 Å². The standard InChI is InChI=1S/C6H8N2O/c1-2-6(9)5-3-7-8-4-5/h3-4H,2H2,1H3,(H,7,8)/p+1. The fourth-order valence-corrected chi connectivity index (χ4v) is 0.646. The van der Waals surface area contributed by atoms with Gasteiger partial charge in [-0.2, -0.15) is 5.10 Å². The van der Waals surface area contributed by atoms with E-state index >= 15 is 0 Å². The lowest BCUT2D eigenvalue weighted by molar-refractivity contribution is -0.449. The van der Waals surface area contributed by atoms with Gasteiger partial charge in [0.05, 0.1) is 6.20 Å². The average molecular weight is 125 g/mol. The van der Waals surface area contributed by atoms with Crippen molar-refractivity contribution in [3.8, 4) is 0 Å². The molecule has 0 spiro atoms. The molecule has 1 aromatic rings. The Bertz CT molecular complexity index is 191. The Morgan fingerprint density at radius 2 is 2.67 bits per heavy atom. The van der Waals surface area contributed by atoms with Crippen molar-refractivity contribution in [2.45, 2.75) is 13.3 Å². The Morgan fingerprint density at radius 3 is 3.11 bits per heavy atom. The van der Waals surface area contributed by atoms with Crippen LogP contribution in [0.25, 0.3) is 0 Å². The molecule has 0 aliphatic carbocycles. The van der Waals surface area contributed by atoms with Gasteiger partial charge in [-0.1, -0.05) is 6.92 Å². The molecule has 0 aliphatic rings. The van der Waals surface area contributed by atoms with Crippen LogP contribution in [-0.4, -0.2) is 10.9 Å². The van der Waals surface area contributed by atoms with Crippen molar-refractivity contribution >= 4 is 5.78 Å². The summed E-state index contributed by atoms with van der Waals surface area (Å²) in [7, 11) is 0. The zero-order valence-electron chi connectivity index (χ0n) is 5.27. The summed E-state index contributed by atoms with van der Waals surface area (Å²) in [6, 6.07) is 0. The lowest BCUT2D eigenvalue weighted by Gasteiger charge is -1.82. The molecule has 0 aliphatic heterocycles. The van der Waals surface area contributed by atoms with Crippen LogP contribution in [0.1, 0.15) is 23.7 Å². The summed E-state index contributed by atoms with van der Waals surface area (Å²) < 4.78 is 0. The molecule has 0 saturated heterocycles. The summed E-state index contributed by atoms with van der Waals surface area (Å²) in [6.45, 7) is 1.84. The molecule has 0 saturated carbocycles. The lowest BCUT2D eigenvalue weighted by atomic mass is 10.2. The minimum Gasteiger partial charge on any atom is -0.294 e. The Balaban J connectivity index is 2.77. The Kier molecular flexibility index (Phi) is 1.63. The molecule has 3 nitrogen and oxygen atoms in total. The van der Waals surface area contributed by atoms with E-state index in [2.05, 4.69) is 10.2 Å². The predicted octanol–water partition coefficient (Wildman–Crippen LogP) is 0.421. The number of carbonyl (C=O) groups excluding carboxylic acids is 1. The smallest absolute Gasteiger partial charge is 0.203 e. The summed E-state index contributed by atoms with van der Waals surface area (Å²) in [6.07, 6.45) is 3.88. The molecule has 9 heavy (non-hydrogen) atoms. The maximum atomic E-state index is 10.8. The molecule has 0 aromatic carbocycles. The van der Waals surface area contributed by atoms with Crippen LogP contribution in [0.15, 0.2) is 12.4 Å². The Hall–Kier alpha value is -1.12. The first kappa shape index (κ1) is 6.01. The molecule has 0 unspecified atom stereocenters. The van der Waals surface area contributed by atoms with Crippen molar-refractivity contribution in [1.29, 1.82) is 0 Å². The molecule has 2 N–H and O–H groups in total. The lowest BCUT2D eigenvalue weighted by Crippen LogP contribution is -1.98. The number of carbonyl (C=O) groups is 1. The average Bonchev–Trinajstić information content (AvgIpc) is 2.37. The van der Waals surface area contributed by atoms with Crippen molar-refractivity contribution in [2.75, 3.05) is 0 Å². The molecule has 1 rings (SSSR count). The van der Waals surface area contributed by atoms with Crippen molar-refractivity contribution in [3.63, 3.8) is 0 Å². The highest BCUT2D eigenvalue weighted by molar-refractivity contribution is 5.94. The predicted molar refractivity (Wildman–Crippen MR) is 32.0 cm³/mol. The maximum Gasteiger partial charge on any atom is 0.203 e. The van der Waals surface area contributed by atoms with Crippen molar-refractivity contribution in [2.24, 2.45) is 0 Å². The third kappa shape index (κ3) is 1.16. The van der Waals surface area contributed by atoms with Gasteiger partial charge in [-0.05, 0) is 0 Å². The molecular weight excluding hydrogens is 116 g/mol. The SMILES string of the molecule is CCC(=O)c1c[nH][nH+]c1. The normalized spacial score (nSPS) is 9.44. The number of hydrogen-bond donors (Lipinski definition) is 1. The third-order valence-electron chi connectivity index (χ3n) is 1.18. The summed E-state index contributed by atoms with van der Waals surface area (Å²) in [5.41, 5.74) is 0.720. The van der Waals surface area contributed by atoms with Crippen molar-refractivity contribution in [1.82, 2.24) is 5.10 Å². The molecule has 48 valence electrons. The van der Waals surface area contributed by atoms with Gasteiger partial charge in [0.25, 0.3) is 0 Å². The highest BCUT2D eigenvalue weighted by atomic mass is 16.1. The van der Waals surface area contributed by atoms with Gasteiger partial charge in [-0.25, -0.2) is 0 Å². The van der Waals surface area contributed by atoms with Crippen LogP contribution in [0.2, 0.25) is 0 Å². The first-order chi connectivity index (χ1) is 4.34. The van der Waals surface area contributed by atoms with Crippen LogP contribution in [0.5, 0.6) is 0 Å². The number of rotatable bonds is 2. The molecule has 0 fully saturated rings. The second kappa shape index (κ2) is 2.44. The van der Waals surface area contributed by atoms with Crippen LogP contribution in [-0.2, 0) is 0 Å². The second-order valence-corrected chi connectivity index (χ2v) is 1.81. The molecule has 3 heteroatoms. The van der Waals surface area contributed by atoms with E-state index in [1.54, 1.807) is 12.4 Å². The minimum absolute atomic E-state index is 0.160. The molecule has 0 radical (unpaired) electrons. The van der Waals surface area contributed by atoms with E-state index in [0.717, 1.165) is 5.56 Å². The number of aromatic amines is 2. The summed E-state index contributed by atoms with van der Waals surface area (Å²) in [5.74, 6) is 0.160. The summed E-state index contributed by atoms with van der Waals surface area (Å²) >= 11 is 0. The number of hydrogen-bond acceptors (Lipinski definition) is 1. The zero-order chi connectivity index (χ0) is 6.69. The zero-order valence-corrected chi connectivity index (χ0v) is 5.27. The van der Waals surface area contributed by atoms with E-state index in [-0.39, 0.29) is 5.78 Å². The topological polar surface area (TPSA) is 47.0 Å². The van der Waals surface area contributed by atoms with Gasteiger partial charge < -0.3 is 0 Å². The van der Waals surface area contributed by atoms with Gasteiger partial charge in [-0.3, -0.25) is 4.79 Å². The van der Waals surface area contributed by atoms with Crippen molar-refractivity contribution < 1.29 is 9.89 Å². The second-order valence-electron chi connectivity index (χ2n) is 1.81. The summed E-state index contributed by atoms with van der Waals surface area (Å²) in [5, 5.41) is 5.40. The molecule has 0 atom stereocenters. The number of Topliss-reactive ketones (excluding diaryl/α,β-unsaturated/α-hetero) is 1. The van der Waals surface area contributed by atoms with Crippen LogP contribution >= 0.6 is 0 Å². The number of nitrogens with one attached hydrogen (secondary N) is 2. The van der Waals surface area contributed by atoms with Crippen LogP contribution in [0, 0.1) is 0 Å². The fraction of sp³-hybridized carbons (Fsp3) is 0.333. The Morgan fingerprint density at radius 1 is 1.89 bits per heavy atom. The van der Waals surface area contributed by atoms with Gasteiger partial charge >= 0.3 is 0 Å². The molecule has 0 bridgehead atoms. The highest BCUT2D eigenvalue weighted by Crippen LogP contribution is 1.95. The Labute approximate surface area is 53.1 Å². The largest absolute Gasteiger partial charge is 0.294 e. The van der Waals surface area contributed by atoms with Crippen LogP contribution in [0.3, 0.4) is 0 Å². The first-order valence-electron chi connectivity index (χ1n) is 2.92. The van der Waals surface area contributed by atoms with E-state index < -0.39 is 0 Å². The molecule has 1 heterocycles. The van der Waals surface area contributed by atoms with E-state index in [4.69, 9.17) is 0 Å². The van der Waals surface area contributed by atoms with Gasteiger partial charge in [0.1, 0.15) is 5.56 Å². The summed E-state index contributed by atoms with van der Waals surface area (Å²) in [4.78, 5) is 10.8. The van der Waals surface area contributed by atoms with Gasteiger partial charge in [0.15, 0.2) is 5.78 Å². The van der Waals surface area contributed by atoms with Gasteiger partial charge in [0, 0.05) is 6.42 Å². The van der Waals surface area contributed by atoms with Gasteiger partial charge in [-0.15, -0.1) is 5.10 Å². The van der Waals surface area contributed by atoms with Crippen LogP contribution < -0.4 is 5.10 Å². The van der Waals surface area contributed by atoms with Gasteiger partial charge in [0.2, 0.25) is 6.20 Å².